The number of piperidine rings is 1. The van der Waals surface area contributed by atoms with Crippen LogP contribution in [0.3, 0.4) is 0 Å². The Morgan fingerprint density at radius 3 is 2.94 bits per heavy atom. The SMILES string of the molecule is Cc1csc(NC(=O)C(C)(C)C2CCCNC2)n1. The molecule has 5 heteroatoms. The van der Waals surface area contributed by atoms with E-state index in [0.717, 1.165) is 31.6 Å². The number of aryl methyl sites for hydroxylation is 1. The molecular formula is C13H21N3OS. The molecule has 1 aromatic rings. The van der Waals surface area contributed by atoms with E-state index in [2.05, 4.69) is 15.6 Å². The van der Waals surface area contributed by atoms with Crippen molar-refractivity contribution < 1.29 is 4.79 Å². The summed E-state index contributed by atoms with van der Waals surface area (Å²) >= 11 is 1.48. The summed E-state index contributed by atoms with van der Waals surface area (Å²) < 4.78 is 0. The molecule has 0 spiro atoms. The smallest absolute Gasteiger partial charge is 0.232 e. The molecule has 1 aromatic heterocycles. The second kappa shape index (κ2) is 5.36. The summed E-state index contributed by atoms with van der Waals surface area (Å²) in [7, 11) is 0. The van der Waals surface area contributed by atoms with E-state index in [-0.39, 0.29) is 11.3 Å². The molecule has 2 heterocycles. The number of nitrogens with one attached hydrogen (secondary N) is 2. The van der Waals surface area contributed by atoms with E-state index in [4.69, 9.17) is 0 Å². The summed E-state index contributed by atoms with van der Waals surface area (Å²) in [5.74, 6) is 0.470. The van der Waals surface area contributed by atoms with Gasteiger partial charge in [-0.1, -0.05) is 13.8 Å². The lowest BCUT2D eigenvalue weighted by atomic mass is 9.74. The highest BCUT2D eigenvalue weighted by Crippen LogP contribution is 2.33. The van der Waals surface area contributed by atoms with Crippen molar-refractivity contribution in [1.29, 1.82) is 0 Å². The van der Waals surface area contributed by atoms with Crippen molar-refractivity contribution in [2.45, 2.75) is 33.6 Å². The Kier molecular flexibility index (Phi) is 4.02. The van der Waals surface area contributed by atoms with Crippen molar-refractivity contribution in [3.63, 3.8) is 0 Å². The fourth-order valence-corrected chi connectivity index (χ4v) is 3.01. The molecule has 0 saturated carbocycles. The van der Waals surface area contributed by atoms with Gasteiger partial charge in [-0.15, -0.1) is 11.3 Å². The lowest BCUT2D eigenvalue weighted by Crippen LogP contribution is -2.44. The number of carbonyl (C=O) groups is 1. The molecule has 0 bridgehead atoms. The molecule has 2 rings (SSSR count). The maximum Gasteiger partial charge on any atom is 0.232 e. The molecule has 1 atom stereocenters. The van der Waals surface area contributed by atoms with Crippen LogP contribution in [0.4, 0.5) is 5.13 Å². The first-order valence-electron chi connectivity index (χ1n) is 6.44. The van der Waals surface area contributed by atoms with Gasteiger partial charge in [-0.05, 0) is 38.8 Å². The van der Waals surface area contributed by atoms with Gasteiger partial charge in [0.15, 0.2) is 5.13 Å². The Labute approximate surface area is 112 Å². The number of carbonyl (C=O) groups excluding carboxylic acids is 1. The Morgan fingerprint density at radius 2 is 2.39 bits per heavy atom. The molecule has 0 aliphatic carbocycles. The molecule has 0 radical (unpaired) electrons. The first kappa shape index (κ1) is 13.5. The molecule has 1 unspecified atom stereocenters. The predicted octanol–water partition coefficient (Wildman–Crippen LogP) is 2.42. The van der Waals surface area contributed by atoms with Crippen molar-refractivity contribution in [2.24, 2.45) is 11.3 Å². The van der Waals surface area contributed by atoms with E-state index in [1.54, 1.807) is 0 Å². The number of rotatable bonds is 3. The molecule has 1 aliphatic rings. The van der Waals surface area contributed by atoms with Crippen LogP contribution in [0.2, 0.25) is 0 Å². The van der Waals surface area contributed by atoms with Gasteiger partial charge in [0.25, 0.3) is 0 Å². The quantitative estimate of drug-likeness (QED) is 0.884. The Hall–Kier alpha value is -0.940. The van der Waals surface area contributed by atoms with E-state index in [0.29, 0.717) is 11.0 Å². The van der Waals surface area contributed by atoms with Crippen LogP contribution in [0.1, 0.15) is 32.4 Å². The molecule has 0 aromatic carbocycles. The molecule has 1 amide bonds. The number of aromatic nitrogens is 1. The molecule has 1 fully saturated rings. The van der Waals surface area contributed by atoms with Crippen molar-refractivity contribution in [2.75, 3.05) is 18.4 Å². The van der Waals surface area contributed by atoms with E-state index in [1.807, 2.05) is 26.2 Å². The fourth-order valence-electron chi connectivity index (χ4n) is 2.32. The van der Waals surface area contributed by atoms with Crippen LogP contribution in [-0.4, -0.2) is 24.0 Å². The summed E-state index contributed by atoms with van der Waals surface area (Å²) in [5, 5.41) is 8.96. The standard InChI is InChI=1S/C13H21N3OS/c1-9-8-18-12(15-9)16-11(17)13(2,3)10-5-4-6-14-7-10/h8,10,14H,4-7H2,1-3H3,(H,15,16,17). The molecule has 100 valence electrons. The van der Waals surface area contributed by atoms with Crippen LogP contribution in [0.25, 0.3) is 0 Å². The third kappa shape index (κ3) is 2.90. The van der Waals surface area contributed by atoms with Gasteiger partial charge >= 0.3 is 0 Å². The molecule has 2 N–H and O–H groups in total. The molecule has 18 heavy (non-hydrogen) atoms. The van der Waals surface area contributed by atoms with Gasteiger partial charge in [0.2, 0.25) is 5.91 Å². The molecule has 1 aliphatic heterocycles. The minimum Gasteiger partial charge on any atom is -0.316 e. The monoisotopic (exact) mass is 267 g/mol. The topological polar surface area (TPSA) is 54.0 Å². The zero-order valence-electron chi connectivity index (χ0n) is 11.2. The minimum absolute atomic E-state index is 0.0746. The number of thiazole rings is 1. The molecule has 4 nitrogen and oxygen atoms in total. The molecular weight excluding hydrogens is 246 g/mol. The van der Waals surface area contributed by atoms with E-state index >= 15 is 0 Å². The Morgan fingerprint density at radius 1 is 1.61 bits per heavy atom. The van der Waals surface area contributed by atoms with Gasteiger partial charge in [-0.3, -0.25) is 4.79 Å². The predicted molar refractivity (Wildman–Crippen MR) is 74.9 cm³/mol. The van der Waals surface area contributed by atoms with Crippen molar-refractivity contribution in [3.05, 3.63) is 11.1 Å². The lowest BCUT2D eigenvalue weighted by molar-refractivity contribution is -0.127. The lowest BCUT2D eigenvalue weighted by Gasteiger charge is -2.35. The summed E-state index contributed by atoms with van der Waals surface area (Å²) in [5.41, 5.74) is 0.597. The van der Waals surface area contributed by atoms with E-state index in [1.165, 1.54) is 11.3 Å². The summed E-state index contributed by atoms with van der Waals surface area (Å²) in [6.07, 6.45) is 2.27. The highest BCUT2D eigenvalue weighted by molar-refractivity contribution is 7.13. The van der Waals surface area contributed by atoms with E-state index < -0.39 is 0 Å². The van der Waals surface area contributed by atoms with Crippen LogP contribution >= 0.6 is 11.3 Å². The third-order valence-corrected chi connectivity index (χ3v) is 4.62. The highest BCUT2D eigenvalue weighted by atomic mass is 32.1. The highest BCUT2D eigenvalue weighted by Gasteiger charge is 2.37. The van der Waals surface area contributed by atoms with Gasteiger partial charge in [0, 0.05) is 10.8 Å². The molecule has 1 saturated heterocycles. The first-order chi connectivity index (χ1) is 8.50. The Bertz CT molecular complexity index is 422. The van der Waals surface area contributed by atoms with E-state index in [9.17, 15) is 4.79 Å². The maximum absolute atomic E-state index is 12.4. The second-order valence-corrected chi connectivity index (χ2v) is 6.37. The number of nitrogens with zero attached hydrogens (tertiary/aromatic N) is 1. The van der Waals surface area contributed by atoms with Crippen LogP contribution in [0.15, 0.2) is 5.38 Å². The number of amides is 1. The summed E-state index contributed by atoms with van der Waals surface area (Å²) in [6, 6.07) is 0. The minimum atomic E-state index is -0.354. The van der Waals surface area contributed by atoms with Crippen LogP contribution < -0.4 is 10.6 Å². The Balaban J connectivity index is 2.02. The van der Waals surface area contributed by atoms with Gasteiger partial charge < -0.3 is 10.6 Å². The maximum atomic E-state index is 12.4. The van der Waals surface area contributed by atoms with Gasteiger partial charge in [-0.25, -0.2) is 4.98 Å². The van der Waals surface area contributed by atoms with Crippen LogP contribution in [0.5, 0.6) is 0 Å². The number of anilines is 1. The van der Waals surface area contributed by atoms with Crippen molar-refractivity contribution in [1.82, 2.24) is 10.3 Å². The zero-order valence-corrected chi connectivity index (χ0v) is 12.1. The summed E-state index contributed by atoms with van der Waals surface area (Å²) in [6.45, 7) is 7.99. The number of hydrogen-bond donors (Lipinski definition) is 2. The fraction of sp³-hybridized carbons (Fsp3) is 0.692. The second-order valence-electron chi connectivity index (χ2n) is 5.51. The van der Waals surface area contributed by atoms with Crippen molar-refractivity contribution in [3.8, 4) is 0 Å². The largest absolute Gasteiger partial charge is 0.316 e. The van der Waals surface area contributed by atoms with Crippen LogP contribution in [-0.2, 0) is 4.79 Å². The zero-order chi connectivity index (χ0) is 13.2. The average molecular weight is 267 g/mol. The third-order valence-electron chi connectivity index (χ3n) is 3.74. The van der Waals surface area contributed by atoms with Crippen LogP contribution in [0, 0.1) is 18.3 Å². The average Bonchev–Trinajstić information content (AvgIpc) is 2.76. The number of hydrogen-bond acceptors (Lipinski definition) is 4. The normalized spacial score (nSPS) is 20.7. The summed E-state index contributed by atoms with van der Waals surface area (Å²) in [4.78, 5) is 16.7. The van der Waals surface area contributed by atoms with Crippen molar-refractivity contribution >= 4 is 22.4 Å². The first-order valence-corrected chi connectivity index (χ1v) is 7.32. The van der Waals surface area contributed by atoms with Gasteiger partial charge in [0.05, 0.1) is 5.69 Å². The van der Waals surface area contributed by atoms with Gasteiger partial charge in [-0.2, -0.15) is 0 Å². The van der Waals surface area contributed by atoms with Gasteiger partial charge in [0.1, 0.15) is 0 Å².